The summed E-state index contributed by atoms with van der Waals surface area (Å²) >= 11 is 1.35. The number of amides is 1. The molecule has 28 heavy (non-hydrogen) atoms. The van der Waals surface area contributed by atoms with E-state index in [0.29, 0.717) is 22.9 Å². The second-order valence-electron chi connectivity index (χ2n) is 7.50. The van der Waals surface area contributed by atoms with Crippen LogP contribution in [0.3, 0.4) is 0 Å². The number of nitrogens with zero attached hydrogens (tertiary/aromatic N) is 5. The van der Waals surface area contributed by atoms with Gasteiger partial charge >= 0.3 is 5.69 Å². The highest BCUT2D eigenvalue weighted by molar-refractivity contribution is 7.99. The van der Waals surface area contributed by atoms with Crippen molar-refractivity contribution in [2.75, 3.05) is 12.3 Å². The van der Waals surface area contributed by atoms with E-state index in [1.165, 1.54) is 29.8 Å². The van der Waals surface area contributed by atoms with Crippen LogP contribution < -0.4 is 11.2 Å². The molecule has 0 aromatic carbocycles. The number of hydrogen-bond donors (Lipinski definition) is 0. The van der Waals surface area contributed by atoms with Gasteiger partial charge in [0.2, 0.25) is 5.91 Å². The van der Waals surface area contributed by atoms with E-state index in [0.717, 1.165) is 36.8 Å². The third kappa shape index (κ3) is 3.76. The molecule has 1 aliphatic rings. The summed E-state index contributed by atoms with van der Waals surface area (Å²) in [5, 5.41) is 0.625. The van der Waals surface area contributed by atoms with Crippen molar-refractivity contribution in [3.8, 4) is 0 Å². The number of imidazole rings is 1. The monoisotopic (exact) mass is 407 g/mol. The number of unbranched alkanes of at least 4 members (excludes halogenated alkanes) is 1. The lowest BCUT2D eigenvalue weighted by molar-refractivity contribution is -0.131. The van der Waals surface area contributed by atoms with Gasteiger partial charge in [0.05, 0.1) is 5.75 Å². The largest absolute Gasteiger partial charge is 0.339 e. The normalized spacial score (nSPS) is 17.4. The summed E-state index contributed by atoms with van der Waals surface area (Å²) in [4.78, 5) is 44.2. The standard InChI is InChI=1S/C19H29N5O3S/c1-5-6-10-24-15-16(21(3)19(27)22(4)17(15)26)20-18(24)28-12-14(25)23-11-8-7-9-13(23)2/h13H,5-12H2,1-4H3. The molecule has 0 spiro atoms. The molecule has 3 heterocycles. The fraction of sp³-hybridized carbons (Fsp3) is 0.684. The Kier molecular flexibility index (Phi) is 6.32. The van der Waals surface area contributed by atoms with Crippen LogP contribution in [-0.4, -0.2) is 47.8 Å². The minimum absolute atomic E-state index is 0.105. The van der Waals surface area contributed by atoms with Crippen LogP contribution in [0, 0.1) is 0 Å². The summed E-state index contributed by atoms with van der Waals surface area (Å²) in [6.45, 7) is 5.62. The molecule has 0 saturated carbocycles. The predicted octanol–water partition coefficient (Wildman–Crippen LogP) is 1.73. The van der Waals surface area contributed by atoms with E-state index in [2.05, 4.69) is 18.8 Å². The van der Waals surface area contributed by atoms with Crippen LogP contribution in [0.5, 0.6) is 0 Å². The Morgan fingerprint density at radius 1 is 1.21 bits per heavy atom. The Morgan fingerprint density at radius 3 is 2.64 bits per heavy atom. The number of carbonyl (C=O) groups excluding carboxylic acids is 1. The van der Waals surface area contributed by atoms with Gasteiger partial charge in [0.15, 0.2) is 16.3 Å². The molecule has 1 atom stereocenters. The van der Waals surface area contributed by atoms with Crippen LogP contribution in [-0.2, 0) is 25.4 Å². The van der Waals surface area contributed by atoms with Crippen LogP contribution in [0.25, 0.3) is 11.2 Å². The summed E-state index contributed by atoms with van der Waals surface area (Å²) in [6.07, 6.45) is 5.13. The topological polar surface area (TPSA) is 82.1 Å². The molecule has 0 aliphatic carbocycles. The first-order valence-corrected chi connectivity index (χ1v) is 10.9. The third-order valence-electron chi connectivity index (χ3n) is 5.50. The minimum atomic E-state index is -0.396. The van der Waals surface area contributed by atoms with Crippen LogP contribution in [0.2, 0.25) is 0 Å². The lowest BCUT2D eigenvalue weighted by Gasteiger charge is -2.33. The number of thioether (sulfide) groups is 1. The summed E-state index contributed by atoms with van der Waals surface area (Å²) in [6, 6.07) is 0.272. The molecule has 9 heteroatoms. The van der Waals surface area contributed by atoms with Crippen molar-refractivity contribution in [1.82, 2.24) is 23.6 Å². The van der Waals surface area contributed by atoms with Crippen LogP contribution in [0.4, 0.5) is 0 Å². The number of aryl methyl sites for hydroxylation is 2. The smallest absolute Gasteiger partial charge is 0.332 e. The lowest BCUT2D eigenvalue weighted by atomic mass is 10.0. The number of carbonyl (C=O) groups is 1. The molecule has 2 aromatic heterocycles. The molecule has 1 amide bonds. The molecule has 1 unspecified atom stereocenters. The molecule has 2 aromatic rings. The highest BCUT2D eigenvalue weighted by Gasteiger charge is 2.25. The summed E-state index contributed by atoms with van der Waals surface area (Å²) in [5.41, 5.74) is 0.0711. The van der Waals surface area contributed by atoms with Crippen LogP contribution in [0.15, 0.2) is 14.7 Å². The van der Waals surface area contributed by atoms with Gasteiger partial charge in [-0.05, 0) is 32.6 Å². The number of piperidine rings is 1. The van der Waals surface area contributed by atoms with Crippen molar-refractivity contribution in [2.24, 2.45) is 14.1 Å². The summed E-state index contributed by atoms with van der Waals surface area (Å²) < 4.78 is 4.39. The Morgan fingerprint density at radius 2 is 1.96 bits per heavy atom. The van der Waals surface area contributed by atoms with E-state index in [9.17, 15) is 14.4 Å². The zero-order valence-electron chi connectivity index (χ0n) is 17.1. The molecule has 0 radical (unpaired) electrons. The van der Waals surface area contributed by atoms with E-state index in [4.69, 9.17) is 0 Å². The Bertz CT molecular complexity index is 990. The average Bonchev–Trinajstić information content (AvgIpc) is 3.06. The fourth-order valence-electron chi connectivity index (χ4n) is 3.74. The van der Waals surface area contributed by atoms with Crippen molar-refractivity contribution in [3.05, 3.63) is 20.8 Å². The first kappa shape index (κ1) is 20.7. The number of fused-ring (bicyclic) bond motifs is 1. The van der Waals surface area contributed by atoms with Gasteiger partial charge in [0.25, 0.3) is 5.56 Å². The van der Waals surface area contributed by atoms with E-state index in [-0.39, 0.29) is 23.3 Å². The van der Waals surface area contributed by atoms with Gasteiger partial charge in [-0.25, -0.2) is 9.78 Å². The maximum Gasteiger partial charge on any atom is 0.332 e. The predicted molar refractivity (Wildman–Crippen MR) is 111 cm³/mol. The number of hydrogen-bond acceptors (Lipinski definition) is 5. The maximum absolute atomic E-state index is 12.7. The van der Waals surface area contributed by atoms with Crippen molar-refractivity contribution in [2.45, 2.75) is 63.7 Å². The maximum atomic E-state index is 12.7. The molecule has 0 bridgehead atoms. The first-order chi connectivity index (χ1) is 13.4. The van der Waals surface area contributed by atoms with Gasteiger partial charge in [0.1, 0.15) is 0 Å². The zero-order valence-corrected chi connectivity index (χ0v) is 17.9. The van der Waals surface area contributed by atoms with Crippen molar-refractivity contribution >= 4 is 28.8 Å². The Labute approximate surface area is 168 Å². The minimum Gasteiger partial charge on any atom is -0.339 e. The molecule has 1 fully saturated rings. The van der Waals surface area contributed by atoms with Gasteiger partial charge in [-0.15, -0.1) is 0 Å². The molecule has 154 valence electrons. The third-order valence-corrected chi connectivity index (χ3v) is 6.46. The van der Waals surface area contributed by atoms with Crippen LogP contribution in [0.1, 0.15) is 46.0 Å². The van der Waals surface area contributed by atoms with E-state index in [1.807, 2.05) is 9.47 Å². The lowest BCUT2D eigenvalue weighted by Crippen LogP contribution is -2.43. The van der Waals surface area contributed by atoms with E-state index < -0.39 is 5.69 Å². The zero-order chi connectivity index (χ0) is 20.4. The van der Waals surface area contributed by atoms with Gasteiger partial charge in [0, 0.05) is 33.2 Å². The quantitative estimate of drug-likeness (QED) is 0.681. The highest BCUT2D eigenvalue weighted by Crippen LogP contribution is 2.24. The highest BCUT2D eigenvalue weighted by atomic mass is 32.2. The second-order valence-corrected chi connectivity index (χ2v) is 8.44. The van der Waals surface area contributed by atoms with Crippen LogP contribution >= 0.6 is 11.8 Å². The molecule has 3 rings (SSSR count). The van der Waals surface area contributed by atoms with Gasteiger partial charge < -0.3 is 9.47 Å². The van der Waals surface area contributed by atoms with Crippen molar-refractivity contribution in [3.63, 3.8) is 0 Å². The van der Waals surface area contributed by atoms with Crippen molar-refractivity contribution in [1.29, 1.82) is 0 Å². The van der Waals surface area contributed by atoms with Crippen molar-refractivity contribution < 1.29 is 4.79 Å². The Hall–Kier alpha value is -2.03. The molecule has 0 N–H and O–H groups in total. The summed E-state index contributed by atoms with van der Waals surface area (Å²) in [5.74, 6) is 0.390. The molecule has 8 nitrogen and oxygen atoms in total. The van der Waals surface area contributed by atoms with Gasteiger partial charge in [-0.3, -0.25) is 18.7 Å². The first-order valence-electron chi connectivity index (χ1n) is 9.95. The molecule has 1 aliphatic heterocycles. The van der Waals surface area contributed by atoms with Gasteiger partial charge in [-0.2, -0.15) is 0 Å². The molecular weight excluding hydrogens is 378 g/mol. The Balaban J connectivity index is 1.94. The number of aromatic nitrogens is 4. The second kappa shape index (κ2) is 8.55. The molecular formula is C19H29N5O3S. The fourth-order valence-corrected chi connectivity index (χ4v) is 4.65. The average molecular weight is 408 g/mol. The van der Waals surface area contributed by atoms with E-state index >= 15 is 0 Å². The number of rotatable bonds is 6. The van der Waals surface area contributed by atoms with Gasteiger partial charge in [-0.1, -0.05) is 25.1 Å². The summed E-state index contributed by atoms with van der Waals surface area (Å²) in [7, 11) is 3.10. The van der Waals surface area contributed by atoms with E-state index in [1.54, 1.807) is 7.05 Å². The SMILES string of the molecule is CCCCn1c(SCC(=O)N2CCCCC2C)nc2c1c(=O)n(C)c(=O)n2C. The molecule has 1 saturated heterocycles. The number of likely N-dealkylation sites (tertiary alicyclic amines) is 1.